The molecule has 0 rings (SSSR count). The smallest absolute Gasteiger partial charge is 0.373 e. The molecule has 0 radical (unpaired) electrons. The maximum Gasteiger partial charge on any atom is 0.766 e. The monoisotopic (exact) mass is 201 g/mol. The van der Waals surface area contributed by atoms with Gasteiger partial charge in [-0.3, -0.25) is 0 Å². The van der Waals surface area contributed by atoms with E-state index in [0.29, 0.717) is 0 Å². The number of allylic oxidation sites excluding steroid dienone is 1. The molecule has 0 aliphatic carbocycles. The van der Waals surface area contributed by atoms with E-state index in [-0.39, 0.29) is 6.04 Å². The highest BCUT2D eigenvalue weighted by Crippen LogP contribution is 2.16. The van der Waals surface area contributed by atoms with Crippen LogP contribution in [0.2, 0.25) is 6.04 Å². The van der Waals surface area contributed by atoms with Crippen LogP contribution in [0.15, 0.2) is 28.1 Å². The average molecular weight is 201 g/mol. The minimum atomic E-state index is -3.10. The highest BCUT2D eigenvalue weighted by atomic mass is 28.4. The lowest BCUT2D eigenvalue weighted by atomic mass is 10.8. The third-order valence-corrected chi connectivity index (χ3v) is 3.02. The lowest BCUT2D eigenvalue weighted by Gasteiger charge is -2.18. The second-order valence-electron chi connectivity index (χ2n) is 1.84. The van der Waals surface area contributed by atoms with Gasteiger partial charge in [-0.25, -0.2) is 0 Å². The molecule has 0 aromatic rings. The van der Waals surface area contributed by atoms with E-state index in [4.69, 9.17) is 13.6 Å². The molecule has 7 heteroatoms. The van der Waals surface area contributed by atoms with Crippen LogP contribution < -0.4 is 0 Å². The summed E-state index contributed by atoms with van der Waals surface area (Å²) in [5, 5.41) is 9.61. The van der Waals surface area contributed by atoms with E-state index in [1.807, 2.05) is 0 Å². The Morgan fingerprint density at radius 2 is 1.38 bits per heavy atom. The van der Waals surface area contributed by atoms with Gasteiger partial charge in [-0.05, 0) is 0 Å². The Morgan fingerprint density at radius 1 is 1.00 bits per heavy atom. The molecule has 0 saturated heterocycles. The lowest BCUT2D eigenvalue weighted by Crippen LogP contribution is -2.40. The molecule has 0 N–H and O–H groups in total. The molecule has 13 heavy (non-hydrogen) atoms. The lowest BCUT2D eigenvalue weighted by molar-refractivity contribution is 0.0718. The van der Waals surface area contributed by atoms with Crippen molar-refractivity contribution in [1.82, 2.24) is 0 Å². The third kappa shape index (κ3) is 3.52. The van der Waals surface area contributed by atoms with Gasteiger partial charge >= 0.3 is 8.80 Å². The molecule has 0 unspecified atom stereocenters. The Morgan fingerprint density at radius 3 is 1.62 bits per heavy atom. The van der Waals surface area contributed by atoms with Crippen molar-refractivity contribution in [2.24, 2.45) is 15.5 Å². The Bertz CT molecular complexity index is 164. The summed E-state index contributed by atoms with van der Waals surface area (Å²) in [6.45, 7) is 12.9. The second-order valence-corrected chi connectivity index (χ2v) is 4.16. The van der Waals surface area contributed by atoms with Crippen molar-refractivity contribution < 1.29 is 13.6 Å². The molecule has 0 aromatic carbocycles. The van der Waals surface area contributed by atoms with Gasteiger partial charge in [-0.2, -0.15) is 0 Å². The van der Waals surface area contributed by atoms with E-state index in [9.17, 15) is 0 Å². The molecular formula is C6H11N3O3Si. The zero-order valence-electron chi connectivity index (χ0n) is 7.18. The molecule has 0 amide bonds. The summed E-state index contributed by atoms with van der Waals surface area (Å²) in [6, 6.07) is 0.282. The largest absolute Gasteiger partial charge is 0.766 e. The van der Waals surface area contributed by atoms with Crippen molar-refractivity contribution in [2.75, 3.05) is 0 Å². The van der Waals surface area contributed by atoms with Crippen LogP contribution in [0.25, 0.3) is 0 Å². The standard InChI is InChI=1S/C6H11N3O3Si/c1-5-6-13(10-7-2,11-8-3)12-9-4/h5H,1-4,6H2. The van der Waals surface area contributed by atoms with Gasteiger partial charge in [-0.15, -0.1) is 22.0 Å². The van der Waals surface area contributed by atoms with Gasteiger partial charge in [0.25, 0.3) is 0 Å². The fourth-order valence-electron chi connectivity index (χ4n) is 0.634. The molecule has 72 valence electrons. The van der Waals surface area contributed by atoms with Crippen molar-refractivity contribution in [2.45, 2.75) is 6.04 Å². The zero-order valence-corrected chi connectivity index (χ0v) is 8.18. The van der Waals surface area contributed by atoms with Crippen LogP contribution in [0.1, 0.15) is 0 Å². The molecule has 0 fully saturated rings. The molecular weight excluding hydrogens is 190 g/mol. The number of hydrogen-bond donors (Lipinski definition) is 0. The van der Waals surface area contributed by atoms with Gasteiger partial charge < -0.3 is 13.6 Å². The third-order valence-electron chi connectivity index (χ3n) is 1.01. The first-order valence-electron chi connectivity index (χ1n) is 3.28. The predicted octanol–water partition coefficient (Wildman–Crippen LogP) is 1.01. The van der Waals surface area contributed by atoms with Crippen molar-refractivity contribution in [3.63, 3.8) is 0 Å². The first-order valence-corrected chi connectivity index (χ1v) is 5.21. The van der Waals surface area contributed by atoms with E-state index < -0.39 is 8.80 Å². The predicted molar refractivity (Wildman–Crippen MR) is 52.7 cm³/mol. The van der Waals surface area contributed by atoms with E-state index >= 15 is 0 Å². The van der Waals surface area contributed by atoms with Gasteiger partial charge in [0.15, 0.2) is 0 Å². The number of hydrogen-bond acceptors (Lipinski definition) is 6. The van der Waals surface area contributed by atoms with Gasteiger partial charge in [0.05, 0.1) is 6.04 Å². The van der Waals surface area contributed by atoms with Crippen molar-refractivity contribution >= 4 is 29.0 Å². The van der Waals surface area contributed by atoms with E-state index in [1.165, 1.54) is 6.08 Å². The summed E-state index contributed by atoms with van der Waals surface area (Å²) in [4.78, 5) is 0. The summed E-state index contributed by atoms with van der Waals surface area (Å²) in [5.41, 5.74) is 0. The Labute approximate surface area is 77.5 Å². The van der Waals surface area contributed by atoms with Crippen LogP contribution in [-0.4, -0.2) is 29.0 Å². The normalized spacial score (nSPS) is 9.54. The van der Waals surface area contributed by atoms with Crippen LogP contribution in [-0.2, 0) is 13.6 Å². The molecule has 0 atom stereocenters. The van der Waals surface area contributed by atoms with Crippen LogP contribution >= 0.6 is 0 Å². The minimum Gasteiger partial charge on any atom is -0.373 e. The molecule has 0 aromatic heterocycles. The fourth-order valence-corrected chi connectivity index (χ4v) is 1.90. The van der Waals surface area contributed by atoms with Gasteiger partial charge in [0, 0.05) is 20.2 Å². The topological polar surface area (TPSA) is 64.8 Å². The van der Waals surface area contributed by atoms with E-state index in [0.717, 1.165) is 0 Å². The SMILES string of the molecule is C=CC[Si](ON=C)(ON=C)ON=C. The maximum absolute atomic E-state index is 4.82. The summed E-state index contributed by atoms with van der Waals surface area (Å²) >= 11 is 0. The number of rotatable bonds is 8. The highest BCUT2D eigenvalue weighted by Gasteiger charge is 2.50. The van der Waals surface area contributed by atoms with Crippen molar-refractivity contribution in [3.05, 3.63) is 12.7 Å². The molecule has 0 aliphatic rings. The minimum absolute atomic E-state index is 0.282. The van der Waals surface area contributed by atoms with Gasteiger partial charge in [-0.1, -0.05) is 6.08 Å². The molecule has 0 spiro atoms. The van der Waals surface area contributed by atoms with Crippen molar-refractivity contribution in [3.8, 4) is 0 Å². The summed E-state index contributed by atoms with van der Waals surface area (Å²) in [7, 11) is -3.10. The molecule has 0 aliphatic heterocycles. The quantitative estimate of drug-likeness (QED) is 0.255. The first-order chi connectivity index (χ1) is 6.24. The average Bonchev–Trinajstić information content (AvgIpc) is 2.06. The van der Waals surface area contributed by atoms with Crippen LogP contribution in [0.5, 0.6) is 0 Å². The number of nitrogens with zero attached hydrogens (tertiary/aromatic N) is 3. The number of oxime groups is 3. The van der Waals surface area contributed by atoms with E-state index in [2.05, 4.69) is 42.2 Å². The Balaban J connectivity index is 4.53. The molecule has 0 saturated carbocycles. The van der Waals surface area contributed by atoms with Crippen molar-refractivity contribution in [1.29, 1.82) is 0 Å². The van der Waals surface area contributed by atoms with E-state index in [1.54, 1.807) is 0 Å². The highest BCUT2D eigenvalue weighted by molar-refractivity contribution is 6.61. The molecule has 6 nitrogen and oxygen atoms in total. The summed E-state index contributed by atoms with van der Waals surface area (Å²) < 4.78 is 14.5. The first kappa shape index (κ1) is 11.4. The van der Waals surface area contributed by atoms with Gasteiger partial charge in [0.2, 0.25) is 0 Å². The molecule has 0 bridgehead atoms. The Kier molecular flexibility index (Phi) is 5.20. The summed E-state index contributed by atoms with van der Waals surface area (Å²) in [6.07, 6.45) is 1.54. The maximum atomic E-state index is 4.82. The Hall–Kier alpha value is -1.63. The molecule has 0 heterocycles. The summed E-state index contributed by atoms with van der Waals surface area (Å²) in [5.74, 6) is 0. The fraction of sp³-hybridized carbons (Fsp3) is 0.167. The van der Waals surface area contributed by atoms with Crippen LogP contribution in [0, 0.1) is 0 Å². The van der Waals surface area contributed by atoms with Crippen LogP contribution in [0.3, 0.4) is 0 Å². The van der Waals surface area contributed by atoms with Gasteiger partial charge in [0.1, 0.15) is 0 Å². The second kappa shape index (κ2) is 5.95. The zero-order chi connectivity index (χ0) is 10.2. The van der Waals surface area contributed by atoms with Crippen LogP contribution in [0.4, 0.5) is 0 Å².